The molecule has 0 spiro atoms. The maximum absolute atomic E-state index is 12.1. The van der Waals surface area contributed by atoms with E-state index in [1.165, 1.54) is 90.6 Å². The quantitative estimate of drug-likeness (QED) is 0.126. The highest BCUT2D eigenvalue weighted by Gasteiger charge is 2.69. The van der Waals surface area contributed by atoms with Gasteiger partial charge in [0.05, 0.1) is 25.2 Å². The number of aliphatic carboxylic acids is 1. The van der Waals surface area contributed by atoms with Gasteiger partial charge >= 0.3 is 11.9 Å². The average Bonchev–Trinajstić information content (AvgIpc) is 3.82. The number of carbonyl (C=O) groups excluding carboxylic acids is 1. The minimum Gasteiger partial charge on any atom is -0.481 e. The molecule has 8 aliphatic rings. The molecule has 6 nitrogen and oxygen atoms in total. The maximum Gasteiger partial charge on any atom is 0.330 e. The number of esters is 1. The van der Waals surface area contributed by atoms with Gasteiger partial charge in [-0.05, 0) is 226 Å². The normalized spacial score (nSPS) is 49.1. The van der Waals surface area contributed by atoms with Crippen LogP contribution in [-0.4, -0.2) is 53.0 Å². The minimum absolute atomic E-state index is 0.115. The van der Waals surface area contributed by atoms with E-state index in [0.717, 1.165) is 47.8 Å². The molecule has 0 aromatic rings. The molecule has 0 aromatic heterocycles. The van der Waals surface area contributed by atoms with Crippen LogP contribution in [-0.2, 0) is 23.2 Å². The van der Waals surface area contributed by atoms with Gasteiger partial charge in [0.1, 0.15) is 0 Å². The van der Waals surface area contributed by atoms with Gasteiger partial charge in [-0.15, -0.1) is 0 Å². The van der Waals surface area contributed by atoms with Crippen LogP contribution < -0.4 is 0 Å². The monoisotopic (exact) mass is 993 g/mol. The Hall–Kier alpha value is -0.966. The van der Waals surface area contributed by atoms with Gasteiger partial charge in [0, 0.05) is 6.08 Å². The number of fused-ring (bicyclic) bond motifs is 10. The Bertz CT molecular complexity index is 1840. The number of carbonyl (C=O) groups is 2. The van der Waals surface area contributed by atoms with Crippen LogP contribution in [0.3, 0.4) is 0 Å². The second-order valence-corrected chi connectivity index (χ2v) is 38.3. The fraction of sp³-hybridized carbons (Fsp3) is 0.934. The molecule has 8 saturated carbocycles. The zero-order valence-electron chi connectivity index (χ0n) is 48.1. The van der Waals surface area contributed by atoms with Crippen molar-refractivity contribution in [3.63, 3.8) is 0 Å². The van der Waals surface area contributed by atoms with Gasteiger partial charge in [-0.2, -0.15) is 0 Å². The SMILES string of the molecule is CC[C@H]1[C@@H](O[Si](C)(C)C)[C@@H]2[C@H](C[C@H](C)[C@]3(C)[C@@H]([C@H](C)/C=C/C(=O)OC)CC[C@@H]23)[C@@]2(C)CC[C@@H](C)C[C@@H]12.CC[C@H]1[C@@H](O[Si](C)(C)C)[C@@H]2[C@H](C[C@H](C)[C@]3(C)[C@@H]([C@H](C)C(=O)O)CC[C@@H]23)[C@@]2(C)CC[C@@H](C)C[C@@H]12. The number of allylic oxidation sites excluding steroid dienone is 1. The van der Waals surface area contributed by atoms with Crippen molar-refractivity contribution in [1.29, 1.82) is 0 Å². The molecule has 0 bridgehead atoms. The van der Waals surface area contributed by atoms with Gasteiger partial charge in [-0.1, -0.05) is 115 Å². The number of hydrogen-bond donors (Lipinski definition) is 1. The molecule has 8 heteroatoms. The summed E-state index contributed by atoms with van der Waals surface area (Å²) in [5.74, 6) is 10.2. The third kappa shape index (κ3) is 9.81. The van der Waals surface area contributed by atoms with Crippen molar-refractivity contribution < 1.29 is 28.3 Å². The van der Waals surface area contributed by atoms with Crippen molar-refractivity contribution in [2.75, 3.05) is 7.11 Å². The summed E-state index contributed by atoms with van der Waals surface area (Å²) in [5, 5.41) is 9.95. The van der Waals surface area contributed by atoms with Gasteiger partial charge in [0.15, 0.2) is 16.6 Å². The van der Waals surface area contributed by atoms with E-state index in [4.69, 9.17) is 13.6 Å². The third-order valence-corrected chi connectivity index (χ3v) is 25.9. The number of carboxylic acids is 1. The summed E-state index contributed by atoms with van der Waals surface area (Å²) in [4.78, 5) is 24.0. The molecule has 0 unspecified atom stereocenters. The molecule has 8 aliphatic carbocycles. The van der Waals surface area contributed by atoms with Gasteiger partial charge in [0.25, 0.3) is 0 Å². The van der Waals surface area contributed by atoms with Crippen LogP contribution in [0.5, 0.6) is 0 Å². The lowest BCUT2D eigenvalue weighted by molar-refractivity contribution is -0.207. The standard InChI is InChI=1S/C32H56O3Si.C29H52O3Si/c1-11-23-26-18-20(2)16-17-31(26,5)27-19-22(4)32(6)24(21(3)12-15-28(33)34-7)13-14-25(32)29(27)30(23)35-36(8,9)10;1-10-20-23-15-17(2)13-14-28(23,5)24-16-18(3)29(6)21(19(4)27(30)31)11-12-22(29)25(24)26(20)32-33(7,8)9/h12,15,20-27,29-30H,11,13-14,16-19H2,1-10H3;17-26H,10-16H2,1-9H3,(H,30,31)/b15-12+;/t20-,21-,22+,23-,24-,25+,26+,27+,29+,30-,31+,32-;17-,18+,19+,20-,21-,22+,23+,24+,25+,26-,28+,29-/m11/s1. The van der Waals surface area contributed by atoms with Crippen LogP contribution in [0.2, 0.25) is 39.3 Å². The first-order valence-corrected chi connectivity index (χ1v) is 36.2. The van der Waals surface area contributed by atoms with E-state index in [2.05, 4.69) is 122 Å². The molecule has 69 heavy (non-hydrogen) atoms. The molecular weight excluding hydrogens is 885 g/mol. The molecule has 0 aromatic carbocycles. The fourth-order valence-electron chi connectivity index (χ4n) is 20.5. The summed E-state index contributed by atoms with van der Waals surface area (Å²) in [6, 6.07) is 0. The highest BCUT2D eigenvalue weighted by atomic mass is 28.4. The number of carboxylic acid groups (broad SMARTS) is 1. The molecule has 8 rings (SSSR count). The Kier molecular flexibility index (Phi) is 16.4. The summed E-state index contributed by atoms with van der Waals surface area (Å²) in [5.41, 5.74) is 1.29. The van der Waals surface area contributed by atoms with Crippen LogP contribution in [0.4, 0.5) is 0 Å². The topological polar surface area (TPSA) is 82.1 Å². The smallest absolute Gasteiger partial charge is 0.330 e. The lowest BCUT2D eigenvalue weighted by Gasteiger charge is -2.67. The molecule has 396 valence electrons. The number of hydrogen-bond acceptors (Lipinski definition) is 5. The molecular formula is C61H108O6Si2. The lowest BCUT2D eigenvalue weighted by atomic mass is 9.39. The largest absolute Gasteiger partial charge is 0.481 e. The van der Waals surface area contributed by atoms with E-state index < -0.39 is 22.6 Å². The zero-order chi connectivity index (χ0) is 51.1. The number of rotatable bonds is 11. The molecule has 0 heterocycles. The van der Waals surface area contributed by atoms with E-state index in [-0.39, 0.29) is 17.3 Å². The van der Waals surface area contributed by atoms with Crippen LogP contribution >= 0.6 is 0 Å². The minimum atomic E-state index is -1.71. The number of ether oxygens (including phenoxy) is 1. The predicted octanol–water partition coefficient (Wildman–Crippen LogP) is 16.1. The van der Waals surface area contributed by atoms with Gasteiger partial charge in [-0.25, -0.2) is 4.79 Å². The lowest BCUT2D eigenvalue weighted by Crippen LogP contribution is -2.64. The number of methoxy groups -OCH3 is 1. The second kappa shape index (κ2) is 20.3. The highest BCUT2D eigenvalue weighted by Crippen LogP contribution is 2.74. The van der Waals surface area contributed by atoms with E-state index in [9.17, 15) is 14.7 Å². The van der Waals surface area contributed by atoms with Crippen molar-refractivity contribution in [3.05, 3.63) is 12.2 Å². The summed E-state index contributed by atoms with van der Waals surface area (Å²) >= 11 is 0. The first-order valence-electron chi connectivity index (χ1n) is 29.4. The predicted molar refractivity (Wildman–Crippen MR) is 291 cm³/mol. The molecule has 0 saturated heterocycles. The molecule has 0 amide bonds. The molecule has 8 fully saturated rings. The van der Waals surface area contributed by atoms with Crippen molar-refractivity contribution in [2.45, 2.75) is 224 Å². The Morgan fingerprint density at radius 3 is 1.39 bits per heavy atom. The van der Waals surface area contributed by atoms with Gasteiger partial charge < -0.3 is 18.7 Å². The third-order valence-electron chi connectivity index (χ3n) is 23.9. The Morgan fingerprint density at radius 2 is 1.01 bits per heavy atom. The molecule has 1 N–H and O–H groups in total. The molecule has 24 atom stereocenters. The summed E-state index contributed by atoms with van der Waals surface area (Å²) in [7, 11) is -1.93. The van der Waals surface area contributed by atoms with E-state index in [1.54, 1.807) is 6.08 Å². The summed E-state index contributed by atoms with van der Waals surface area (Å²) < 4.78 is 19.5. The average molecular weight is 994 g/mol. The zero-order valence-corrected chi connectivity index (χ0v) is 50.1. The highest BCUT2D eigenvalue weighted by molar-refractivity contribution is 6.70. The molecule has 0 aliphatic heterocycles. The first kappa shape index (κ1) is 55.8. The summed E-state index contributed by atoms with van der Waals surface area (Å²) in [6.45, 7) is 44.0. The van der Waals surface area contributed by atoms with Crippen LogP contribution in [0, 0.1) is 128 Å². The van der Waals surface area contributed by atoms with Gasteiger partial charge in [0.2, 0.25) is 0 Å². The summed E-state index contributed by atoms with van der Waals surface area (Å²) in [6.07, 6.45) is 22.9. The Morgan fingerprint density at radius 1 is 0.609 bits per heavy atom. The van der Waals surface area contributed by atoms with Crippen molar-refractivity contribution in [3.8, 4) is 0 Å². The van der Waals surface area contributed by atoms with Gasteiger partial charge in [-0.3, -0.25) is 4.79 Å². The van der Waals surface area contributed by atoms with E-state index in [0.29, 0.717) is 87.6 Å². The van der Waals surface area contributed by atoms with Crippen LogP contribution in [0.25, 0.3) is 0 Å². The van der Waals surface area contributed by atoms with Crippen molar-refractivity contribution in [1.82, 2.24) is 0 Å². The van der Waals surface area contributed by atoms with Crippen LogP contribution in [0.1, 0.15) is 173 Å². The second-order valence-electron chi connectivity index (χ2n) is 29.3. The first-order chi connectivity index (χ1) is 32.0. The Balaban J connectivity index is 0.000000205. The fourth-order valence-corrected chi connectivity index (χ4v) is 22.8. The maximum atomic E-state index is 12.1. The molecule has 0 radical (unpaired) electrons. The Labute approximate surface area is 426 Å². The van der Waals surface area contributed by atoms with E-state index in [1.807, 2.05) is 6.92 Å². The van der Waals surface area contributed by atoms with Crippen molar-refractivity contribution in [2.24, 2.45) is 128 Å². The van der Waals surface area contributed by atoms with Crippen LogP contribution in [0.15, 0.2) is 12.2 Å². The van der Waals surface area contributed by atoms with Crippen molar-refractivity contribution >= 4 is 28.6 Å². The van der Waals surface area contributed by atoms with E-state index >= 15 is 0 Å².